The van der Waals surface area contributed by atoms with Crippen LogP contribution in [0.1, 0.15) is 105 Å². The first-order chi connectivity index (χ1) is 17.6. The number of hydrogen-bond donors (Lipinski definition) is 1. The third-order valence-electron chi connectivity index (χ3n) is 11.6. The lowest BCUT2D eigenvalue weighted by Crippen LogP contribution is -2.51. The van der Waals surface area contributed by atoms with Gasteiger partial charge in [0.2, 0.25) is 0 Å². The number of hydrogen-bond acceptors (Lipinski definition) is 2. The van der Waals surface area contributed by atoms with Gasteiger partial charge in [0.05, 0.1) is 27.2 Å². The molecule has 9 atom stereocenters. The van der Waals surface area contributed by atoms with Gasteiger partial charge in [0.1, 0.15) is 13.2 Å². The molecule has 5 nitrogen and oxygen atoms in total. The Morgan fingerprint density at radius 1 is 1.05 bits per heavy atom. The second-order valence-electron chi connectivity index (χ2n) is 15.6. The van der Waals surface area contributed by atoms with E-state index < -0.39 is 7.82 Å². The van der Waals surface area contributed by atoms with Gasteiger partial charge >= 0.3 is 7.82 Å². The first kappa shape index (κ1) is 30.8. The molecule has 0 aromatic heterocycles. The summed E-state index contributed by atoms with van der Waals surface area (Å²) in [5.41, 5.74) is 2.27. The Bertz CT molecular complexity index is 896. The van der Waals surface area contributed by atoms with Crippen LogP contribution in [0, 0.1) is 46.3 Å². The van der Waals surface area contributed by atoms with Gasteiger partial charge in [-0.05, 0) is 97.7 Å². The zero-order valence-electron chi connectivity index (χ0n) is 25.9. The fourth-order valence-corrected chi connectivity index (χ4v) is 10.3. The predicted molar refractivity (Wildman–Crippen MR) is 158 cm³/mol. The first-order valence-corrected chi connectivity index (χ1v) is 17.3. The van der Waals surface area contributed by atoms with Crippen LogP contribution in [0.4, 0.5) is 0 Å². The molecule has 0 bridgehead atoms. The van der Waals surface area contributed by atoms with Gasteiger partial charge < -0.3 is 4.48 Å². The molecule has 9 unspecified atom stereocenters. The summed E-state index contributed by atoms with van der Waals surface area (Å²) < 4.78 is 22.5. The van der Waals surface area contributed by atoms with E-state index in [0.29, 0.717) is 18.6 Å². The number of quaternary nitrogens is 1. The second-order valence-corrected chi connectivity index (χ2v) is 17.0. The monoisotopic (exact) mass is 553 g/mol. The van der Waals surface area contributed by atoms with Crippen LogP contribution in [0.5, 0.6) is 0 Å². The van der Waals surface area contributed by atoms with Crippen molar-refractivity contribution in [3.8, 4) is 0 Å². The Morgan fingerprint density at radius 2 is 1.79 bits per heavy atom. The van der Waals surface area contributed by atoms with E-state index in [2.05, 4.69) is 61.8 Å². The number of likely N-dealkylation sites (N-methyl/N-ethyl adjacent to an activating group) is 1. The SMILES string of the molecule is CC(C)CCCC(C)C1CCC2C3CC=C4CC(OP(O)(=[OH+])OCC[N+](C)(C)C)CCC4(C)C3CCC12C. The predicted octanol–water partition coefficient (Wildman–Crippen LogP) is 8.18. The highest BCUT2D eigenvalue weighted by Crippen LogP contribution is 2.67. The van der Waals surface area contributed by atoms with Crippen molar-refractivity contribution in [1.82, 2.24) is 0 Å². The molecule has 4 aliphatic rings. The van der Waals surface area contributed by atoms with Crippen molar-refractivity contribution in [3.05, 3.63) is 11.6 Å². The molecule has 3 saturated carbocycles. The van der Waals surface area contributed by atoms with Gasteiger partial charge in [-0.25, -0.2) is 13.6 Å². The molecule has 0 aliphatic heterocycles. The van der Waals surface area contributed by atoms with Crippen LogP contribution >= 0.6 is 7.82 Å². The number of fused-ring (bicyclic) bond motifs is 5. The van der Waals surface area contributed by atoms with Gasteiger partial charge in [-0.3, -0.25) is 4.89 Å². The van der Waals surface area contributed by atoms with Crippen LogP contribution < -0.4 is 0 Å². The molecular formula is C32H60NO4P+2. The normalized spacial score (nSPS) is 39.6. The maximum Gasteiger partial charge on any atom is 0.663 e. The highest BCUT2D eigenvalue weighted by molar-refractivity contribution is 7.47. The van der Waals surface area contributed by atoms with Crippen molar-refractivity contribution in [2.45, 2.75) is 111 Å². The molecule has 4 rings (SSSR count). The fraction of sp³-hybridized carbons (Fsp3) is 0.938. The van der Waals surface area contributed by atoms with Crippen LogP contribution in [-0.2, 0) is 9.05 Å². The Morgan fingerprint density at radius 3 is 2.47 bits per heavy atom. The standard InChI is InChI=1S/C32H58NO4P/c1-23(2)10-9-11-24(3)28-14-15-29-27-13-12-25-22-26(37-38(34,35)36-21-20-33(6,7)8)16-18-31(25,4)30(27)17-19-32(28,29)5/h12,23-24,26-30H,9-11,13-22H2,1-8H3/p+2. The van der Waals surface area contributed by atoms with Gasteiger partial charge in [0.25, 0.3) is 0 Å². The van der Waals surface area contributed by atoms with E-state index in [9.17, 15) is 9.46 Å². The van der Waals surface area contributed by atoms with E-state index in [1.54, 1.807) is 0 Å². The maximum atomic E-state index is 10.5. The molecule has 3 fully saturated rings. The quantitative estimate of drug-likeness (QED) is 0.121. The summed E-state index contributed by atoms with van der Waals surface area (Å²) in [5.74, 6) is 5.01. The maximum absolute atomic E-state index is 10.5. The van der Waals surface area contributed by atoms with Crippen molar-refractivity contribution in [3.63, 3.8) is 0 Å². The van der Waals surface area contributed by atoms with Crippen LogP contribution in [0.15, 0.2) is 11.6 Å². The van der Waals surface area contributed by atoms with Gasteiger partial charge in [-0.1, -0.05) is 65.5 Å². The van der Waals surface area contributed by atoms with Gasteiger partial charge in [-0.15, -0.1) is 0 Å². The minimum absolute atomic E-state index is 0.158. The number of nitrogens with zero attached hydrogens (tertiary/aromatic N) is 1. The van der Waals surface area contributed by atoms with E-state index in [4.69, 9.17) is 9.05 Å². The molecule has 0 amide bonds. The van der Waals surface area contributed by atoms with Crippen LogP contribution in [0.3, 0.4) is 0 Å². The van der Waals surface area contributed by atoms with Crippen molar-refractivity contribution < 1.29 is 23.0 Å². The summed E-state index contributed by atoms with van der Waals surface area (Å²) >= 11 is 0. The molecule has 0 aromatic rings. The Balaban J connectivity index is 1.38. The lowest BCUT2D eigenvalue weighted by molar-refractivity contribution is -0.870. The van der Waals surface area contributed by atoms with Crippen molar-refractivity contribution >= 4 is 7.82 Å². The lowest BCUT2D eigenvalue weighted by atomic mass is 9.47. The number of allylic oxidation sites excluding steroid dienone is 1. The topological polar surface area (TPSA) is 60.1 Å². The first-order valence-electron chi connectivity index (χ1n) is 15.8. The zero-order chi connectivity index (χ0) is 27.9. The molecule has 6 heteroatoms. The summed E-state index contributed by atoms with van der Waals surface area (Å²) in [6.45, 7) is 13.5. The third-order valence-corrected chi connectivity index (χ3v) is 12.7. The molecule has 0 radical (unpaired) electrons. The molecule has 4 aliphatic carbocycles. The molecule has 2 N–H and O–H groups in total. The fourth-order valence-electron chi connectivity index (χ4n) is 9.40. The van der Waals surface area contributed by atoms with Crippen molar-refractivity contribution in [2.75, 3.05) is 34.3 Å². The van der Waals surface area contributed by atoms with E-state index in [0.717, 1.165) is 59.3 Å². The third kappa shape index (κ3) is 6.64. The molecular weight excluding hydrogens is 493 g/mol. The van der Waals surface area contributed by atoms with Gasteiger partial charge in [0, 0.05) is 0 Å². The largest absolute Gasteiger partial charge is 0.663 e. The van der Waals surface area contributed by atoms with Crippen molar-refractivity contribution in [1.29, 1.82) is 0 Å². The van der Waals surface area contributed by atoms with Crippen LogP contribution in [0.2, 0.25) is 0 Å². The van der Waals surface area contributed by atoms with E-state index in [1.165, 1.54) is 56.9 Å². The van der Waals surface area contributed by atoms with Crippen molar-refractivity contribution in [2.24, 2.45) is 46.3 Å². The lowest BCUT2D eigenvalue weighted by Gasteiger charge is -2.58. The minimum atomic E-state index is -3.79. The van der Waals surface area contributed by atoms with E-state index in [-0.39, 0.29) is 11.5 Å². The Hall–Kier alpha value is -0.190. The summed E-state index contributed by atoms with van der Waals surface area (Å²) in [4.78, 5) is 10.5. The second kappa shape index (κ2) is 11.6. The molecule has 0 saturated heterocycles. The highest BCUT2D eigenvalue weighted by atomic mass is 31.2. The minimum Gasteiger partial charge on any atom is -0.329 e. The molecule has 38 heavy (non-hydrogen) atoms. The zero-order valence-corrected chi connectivity index (χ0v) is 26.8. The molecule has 0 spiro atoms. The van der Waals surface area contributed by atoms with E-state index in [1.807, 2.05) is 0 Å². The summed E-state index contributed by atoms with van der Waals surface area (Å²) in [6, 6.07) is 0. The Labute approximate surface area is 234 Å². The van der Waals surface area contributed by atoms with Crippen LogP contribution in [0.25, 0.3) is 0 Å². The average molecular weight is 554 g/mol. The van der Waals surface area contributed by atoms with E-state index >= 15 is 0 Å². The van der Waals surface area contributed by atoms with Crippen LogP contribution in [-0.4, -0.2) is 54.3 Å². The average Bonchev–Trinajstić information content (AvgIpc) is 3.15. The van der Waals surface area contributed by atoms with Gasteiger partial charge in [-0.2, -0.15) is 0 Å². The summed E-state index contributed by atoms with van der Waals surface area (Å²) in [6.07, 6.45) is 16.2. The smallest absolute Gasteiger partial charge is 0.329 e. The summed E-state index contributed by atoms with van der Waals surface area (Å²) in [5, 5.41) is 0. The Kier molecular flexibility index (Phi) is 9.38. The molecule has 0 aromatic carbocycles. The highest BCUT2D eigenvalue weighted by Gasteiger charge is 2.59. The number of rotatable bonds is 11. The molecule has 220 valence electrons. The van der Waals surface area contributed by atoms with Gasteiger partial charge in [0.15, 0.2) is 0 Å². The summed E-state index contributed by atoms with van der Waals surface area (Å²) in [7, 11) is 2.42. The molecule has 0 heterocycles.